The molecule has 0 amide bonds. The number of aryl methyl sites for hydroxylation is 1. The van der Waals surface area contributed by atoms with Crippen molar-refractivity contribution in [2.24, 2.45) is 0 Å². The summed E-state index contributed by atoms with van der Waals surface area (Å²) in [5.74, 6) is 0. The van der Waals surface area contributed by atoms with Crippen molar-refractivity contribution in [3.05, 3.63) is 60.2 Å². The molecule has 1 nitrogen and oxygen atoms in total. The van der Waals surface area contributed by atoms with E-state index in [1.165, 1.54) is 10.9 Å². The number of aliphatic hydroxyl groups is 1. The third kappa shape index (κ3) is 1.66. The molecule has 0 radical (unpaired) electrons. The third-order valence-electron chi connectivity index (χ3n) is 2.72. The summed E-state index contributed by atoms with van der Waals surface area (Å²) in [6.07, 6.45) is 0.965. The fourth-order valence-electron chi connectivity index (χ4n) is 1.86. The second kappa shape index (κ2) is 3.87. The molecular formula is C14H14O. The summed E-state index contributed by atoms with van der Waals surface area (Å²) in [7, 11) is 0. The minimum absolute atomic E-state index is 0.588. The molecule has 1 unspecified atom stereocenters. The Balaban J connectivity index is 2.77. The number of rotatable bonds is 2. The maximum Gasteiger partial charge on any atom is 0.0975 e. The van der Waals surface area contributed by atoms with E-state index in [9.17, 15) is 5.11 Å². The fraction of sp³-hybridized carbons (Fsp3) is 0.143. The Morgan fingerprint density at radius 3 is 2.47 bits per heavy atom. The van der Waals surface area contributed by atoms with E-state index in [1.54, 1.807) is 6.08 Å². The lowest BCUT2D eigenvalue weighted by atomic mass is 9.97. The predicted octanol–water partition coefficient (Wildman–Crippen LogP) is 3.37. The molecule has 0 aliphatic rings. The van der Waals surface area contributed by atoms with E-state index < -0.39 is 6.10 Å². The molecule has 2 aromatic carbocycles. The normalized spacial score (nSPS) is 12.7. The van der Waals surface area contributed by atoms with E-state index in [0.717, 1.165) is 10.9 Å². The molecule has 0 aliphatic carbocycles. The van der Waals surface area contributed by atoms with Gasteiger partial charge >= 0.3 is 0 Å². The Hall–Kier alpha value is -1.60. The van der Waals surface area contributed by atoms with Crippen molar-refractivity contribution in [2.45, 2.75) is 13.0 Å². The number of aliphatic hydroxyl groups excluding tert-OH is 1. The third-order valence-corrected chi connectivity index (χ3v) is 2.72. The molecule has 0 bridgehead atoms. The van der Waals surface area contributed by atoms with Crippen LogP contribution in [0.3, 0.4) is 0 Å². The highest BCUT2D eigenvalue weighted by Crippen LogP contribution is 2.27. The highest BCUT2D eigenvalue weighted by atomic mass is 16.3. The number of benzene rings is 2. The molecule has 2 rings (SSSR count). The minimum atomic E-state index is -0.588. The van der Waals surface area contributed by atoms with Crippen LogP contribution in [0.4, 0.5) is 0 Å². The van der Waals surface area contributed by atoms with Gasteiger partial charge in [0.15, 0.2) is 0 Å². The van der Waals surface area contributed by atoms with Crippen LogP contribution in [0.15, 0.2) is 49.1 Å². The summed E-state index contributed by atoms with van der Waals surface area (Å²) in [6, 6.07) is 12.1. The van der Waals surface area contributed by atoms with Crippen LogP contribution in [0.5, 0.6) is 0 Å². The van der Waals surface area contributed by atoms with Gasteiger partial charge in [-0.2, -0.15) is 0 Å². The fourth-order valence-corrected chi connectivity index (χ4v) is 1.86. The predicted molar refractivity (Wildman–Crippen MR) is 63.8 cm³/mol. The SMILES string of the molecule is C=CC(O)c1ccc(C)c2ccccc12. The number of hydrogen-bond donors (Lipinski definition) is 1. The second-order valence-electron chi connectivity index (χ2n) is 3.70. The molecule has 1 heteroatoms. The van der Waals surface area contributed by atoms with E-state index in [-0.39, 0.29) is 0 Å². The first-order chi connectivity index (χ1) is 7.24. The molecule has 0 aliphatic heterocycles. The summed E-state index contributed by atoms with van der Waals surface area (Å²) >= 11 is 0. The highest BCUT2D eigenvalue weighted by Gasteiger charge is 2.08. The minimum Gasteiger partial charge on any atom is -0.384 e. The first kappa shape index (κ1) is 9.94. The lowest BCUT2D eigenvalue weighted by molar-refractivity contribution is 0.230. The van der Waals surface area contributed by atoms with Crippen molar-refractivity contribution >= 4 is 10.8 Å². The van der Waals surface area contributed by atoms with Crippen LogP contribution < -0.4 is 0 Å². The molecule has 0 aromatic heterocycles. The second-order valence-corrected chi connectivity index (χ2v) is 3.70. The Bertz CT molecular complexity index is 500. The Labute approximate surface area is 89.7 Å². The molecular weight excluding hydrogens is 184 g/mol. The first-order valence-electron chi connectivity index (χ1n) is 5.03. The lowest BCUT2D eigenvalue weighted by Gasteiger charge is -2.11. The standard InChI is InChI=1S/C14H14O/c1-3-14(15)13-9-8-10(2)11-6-4-5-7-12(11)13/h3-9,14-15H,1H2,2H3. The van der Waals surface area contributed by atoms with Crippen molar-refractivity contribution in [2.75, 3.05) is 0 Å². The largest absolute Gasteiger partial charge is 0.384 e. The van der Waals surface area contributed by atoms with E-state index in [2.05, 4.69) is 19.6 Å². The van der Waals surface area contributed by atoms with E-state index >= 15 is 0 Å². The zero-order valence-corrected chi connectivity index (χ0v) is 8.77. The van der Waals surface area contributed by atoms with Gasteiger partial charge in [0, 0.05) is 0 Å². The molecule has 2 aromatic rings. The average molecular weight is 198 g/mol. The van der Waals surface area contributed by atoms with Crippen molar-refractivity contribution in [1.82, 2.24) is 0 Å². The maximum atomic E-state index is 9.80. The quantitative estimate of drug-likeness (QED) is 0.733. The van der Waals surface area contributed by atoms with Crippen molar-refractivity contribution in [1.29, 1.82) is 0 Å². The number of hydrogen-bond acceptors (Lipinski definition) is 1. The van der Waals surface area contributed by atoms with Gasteiger partial charge in [-0.25, -0.2) is 0 Å². The van der Waals surface area contributed by atoms with Gasteiger partial charge in [0.2, 0.25) is 0 Å². The van der Waals surface area contributed by atoms with Crippen LogP contribution in [-0.4, -0.2) is 5.11 Å². The van der Waals surface area contributed by atoms with Crippen LogP contribution in [0.1, 0.15) is 17.2 Å². The van der Waals surface area contributed by atoms with Gasteiger partial charge in [-0.3, -0.25) is 0 Å². The summed E-state index contributed by atoms with van der Waals surface area (Å²) in [5.41, 5.74) is 2.15. The number of fused-ring (bicyclic) bond motifs is 1. The molecule has 0 heterocycles. The molecule has 0 spiro atoms. The topological polar surface area (TPSA) is 20.2 Å². The molecule has 1 atom stereocenters. The highest BCUT2D eigenvalue weighted by molar-refractivity contribution is 5.88. The zero-order valence-electron chi connectivity index (χ0n) is 8.77. The zero-order chi connectivity index (χ0) is 10.8. The van der Waals surface area contributed by atoms with Gasteiger partial charge < -0.3 is 5.11 Å². The van der Waals surface area contributed by atoms with Gasteiger partial charge in [0.05, 0.1) is 6.10 Å². The summed E-state index contributed by atoms with van der Waals surface area (Å²) in [5, 5.41) is 12.1. The Kier molecular flexibility index (Phi) is 2.57. The van der Waals surface area contributed by atoms with Gasteiger partial charge in [-0.1, -0.05) is 42.5 Å². The van der Waals surface area contributed by atoms with Crippen LogP contribution in [0.25, 0.3) is 10.8 Å². The molecule has 1 N–H and O–H groups in total. The maximum absolute atomic E-state index is 9.80. The van der Waals surface area contributed by atoms with E-state index in [0.29, 0.717) is 0 Å². The van der Waals surface area contributed by atoms with Crippen LogP contribution in [-0.2, 0) is 0 Å². The summed E-state index contributed by atoms with van der Waals surface area (Å²) < 4.78 is 0. The van der Waals surface area contributed by atoms with Crippen molar-refractivity contribution in [3.8, 4) is 0 Å². The van der Waals surface area contributed by atoms with Gasteiger partial charge in [-0.05, 0) is 28.8 Å². The smallest absolute Gasteiger partial charge is 0.0975 e. The summed E-state index contributed by atoms with van der Waals surface area (Å²) in [6.45, 7) is 5.69. The monoisotopic (exact) mass is 198 g/mol. The molecule has 15 heavy (non-hydrogen) atoms. The molecule has 0 saturated heterocycles. The van der Waals surface area contributed by atoms with Gasteiger partial charge in [0.25, 0.3) is 0 Å². The van der Waals surface area contributed by atoms with Crippen LogP contribution >= 0.6 is 0 Å². The van der Waals surface area contributed by atoms with E-state index in [1.807, 2.05) is 30.3 Å². The van der Waals surface area contributed by atoms with Crippen LogP contribution in [0.2, 0.25) is 0 Å². The van der Waals surface area contributed by atoms with Crippen LogP contribution in [0, 0.1) is 6.92 Å². The van der Waals surface area contributed by atoms with E-state index in [4.69, 9.17) is 0 Å². The Morgan fingerprint density at radius 2 is 1.80 bits per heavy atom. The summed E-state index contributed by atoms with van der Waals surface area (Å²) in [4.78, 5) is 0. The van der Waals surface area contributed by atoms with Gasteiger partial charge in [-0.15, -0.1) is 6.58 Å². The average Bonchev–Trinajstić information content (AvgIpc) is 2.29. The Morgan fingerprint density at radius 1 is 1.13 bits per heavy atom. The molecule has 0 saturated carbocycles. The lowest BCUT2D eigenvalue weighted by Crippen LogP contribution is -1.94. The van der Waals surface area contributed by atoms with Crippen molar-refractivity contribution < 1.29 is 5.11 Å². The first-order valence-corrected chi connectivity index (χ1v) is 5.03. The molecule has 0 fully saturated rings. The van der Waals surface area contributed by atoms with Crippen molar-refractivity contribution in [3.63, 3.8) is 0 Å². The van der Waals surface area contributed by atoms with Gasteiger partial charge in [0.1, 0.15) is 0 Å². The molecule has 76 valence electrons.